The van der Waals surface area contributed by atoms with Gasteiger partial charge in [0, 0.05) is 13.1 Å². The summed E-state index contributed by atoms with van der Waals surface area (Å²) in [5.74, 6) is 0.852. The highest BCUT2D eigenvalue weighted by Gasteiger charge is 2.17. The molecule has 70 valence electrons. The lowest BCUT2D eigenvalue weighted by Crippen LogP contribution is -2.18. The van der Waals surface area contributed by atoms with Crippen molar-refractivity contribution < 1.29 is 4.79 Å². The van der Waals surface area contributed by atoms with Crippen molar-refractivity contribution in [2.75, 3.05) is 11.9 Å². The molecule has 1 aromatic heterocycles. The number of fused-ring (bicyclic) bond motifs is 1. The van der Waals surface area contributed by atoms with Gasteiger partial charge in [0.25, 0.3) is 0 Å². The minimum absolute atomic E-state index is 0.740. The summed E-state index contributed by atoms with van der Waals surface area (Å²) in [5, 5.41) is 3.18. The molecule has 1 aliphatic heterocycles. The van der Waals surface area contributed by atoms with Crippen molar-refractivity contribution in [2.24, 2.45) is 0 Å². The maximum Gasteiger partial charge on any atom is 0.203 e. The van der Waals surface area contributed by atoms with Gasteiger partial charge in [-0.05, 0) is 12.8 Å². The molecule has 2 rings (SSSR count). The highest BCUT2D eigenvalue weighted by Crippen LogP contribution is 2.18. The molecule has 0 amide bonds. The van der Waals surface area contributed by atoms with Gasteiger partial charge in [0.05, 0.1) is 5.69 Å². The van der Waals surface area contributed by atoms with E-state index in [1.807, 2.05) is 11.5 Å². The Morgan fingerprint density at radius 2 is 2.54 bits per heavy atom. The number of aromatic nitrogens is 2. The van der Waals surface area contributed by atoms with E-state index in [-0.39, 0.29) is 0 Å². The summed E-state index contributed by atoms with van der Waals surface area (Å²) in [5.41, 5.74) is 1.64. The van der Waals surface area contributed by atoms with Gasteiger partial charge in [0.1, 0.15) is 5.69 Å². The number of rotatable bonds is 2. The van der Waals surface area contributed by atoms with Crippen LogP contribution in [0.2, 0.25) is 0 Å². The molecule has 0 spiro atoms. The predicted octanol–water partition coefficient (Wildman–Crippen LogP) is 1.07. The maximum absolute atomic E-state index is 10.8. The van der Waals surface area contributed by atoms with E-state index in [9.17, 15) is 4.79 Å². The molecule has 1 aromatic rings. The molecule has 0 fully saturated rings. The molecule has 0 aromatic carbocycles. The highest BCUT2D eigenvalue weighted by molar-refractivity contribution is 5.75. The quantitative estimate of drug-likeness (QED) is 0.691. The zero-order chi connectivity index (χ0) is 9.26. The van der Waals surface area contributed by atoms with Gasteiger partial charge in [-0.2, -0.15) is 0 Å². The van der Waals surface area contributed by atoms with Crippen molar-refractivity contribution >= 4 is 12.2 Å². The number of nitrogens with zero attached hydrogens (tertiary/aromatic N) is 2. The fraction of sp³-hybridized carbons (Fsp3) is 0.556. The predicted molar refractivity (Wildman–Crippen MR) is 50.1 cm³/mol. The van der Waals surface area contributed by atoms with Crippen LogP contribution in [0.3, 0.4) is 0 Å². The van der Waals surface area contributed by atoms with E-state index in [1.165, 1.54) is 0 Å². The molecule has 13 heavy (non-hydrogen) atoms. The maximum atomic E-state index is 10.8. The van der Waals surface area contributed by atoms with Crippen LogP contribution >= 0.6 is 0 Å². The smallest absolute Gasteiger partial charge is 0.203 e. The molecule has 0 unspecified atom stereocenters. The van der Waals surface area contributed by atoms with E-state index >= 15 is 0 Å². The van der Waals surface area contributed by atoms with Gasteiger partial charge in [-0.15, -0.1) is 0 Å². The Morgan fingerprint density at radius 3 is 3.23 bits per heavy atom. The third-order valence-corrected chi connectivity index (χ3v) is 2.37. The van der Waals surface area contributed by atoms with Gasteiger partial charge >= 0.3 is 0 Å². The largest absolute Gasteiger partial charge is 0.356 e. The number of aryl methyl sites for hydroxylation is 1. The molecule has 0 radical (unpaired) electrons. The number of carbonyl (C=O) groups is 1. The van der Waals surface area contributed by atoms with Crippen LogP contribution in [0.15, 0.2) is 0 Å². The van der Waals surface area contributed by atoms with Crippen LogP contribution in [0.1, 0.15) is 29.5 Å². The molecular formula is C9H13N3O. The Kier molecular flexibility index (Phi) is 2.04. The van der Waals surface area contributed by atoms with Crippen LogP contribution in [0.5, 0.6) is 0 Å². The first kappa shape index (κ1) is 8.29. The number of hydrogen-bond acceptors (Lipinski definition) is 3. The zero-order valence-electron chi connectivity index (χ0n) is 7.71. The Balaban J connectivity index is 2.50. The first-order chi connectivity index (χ1) is 6.36. The minimum Gasteiger partial charge on any atom is -0.356 e. The second-order valence-electron chi connectivity index (χ2n) is 3.17. The number of nitrogens with one attached hydrogen (secondary N) is 1. The Hall–Kier alpha value is -1.32. The number of anilines is 1. The monoisotopic (exact) mass is 179 g/mol. The van der Waals surface area contributed by atoms with Gasteiger partial charge in [0.15, 0.2) is 6.29 Å². The lowest BCUT2D eigenvalue weighted by atomic mass is 10.2. The lowest BCUT2D eigenvalue weighted by molar-refractivity contribution is 0.111. The molecule has 1 N–H and O–H groups in total. The molecule has 4 heteroatoms. The van der Waals surface area contributed by atoms with Crippen molar-refractivity contribution in [3.8, 4) is 0 Å². The van der Waals surface area contributed by atoms with Crippen molar-refractivity contribution in [3.63, 3.8) is 0 Å². The van der Waals surface area contributed by atoms with Crippen molar-refractivity contribution in [2.45, 2.75) is 26.3 Å². The van der Waals surface area contributed by atoms with Crippen LogP contribution < -0.4 is 5.32 Å². The molecular weight excluding hydrogens is 166 g/mol. The summed E-state index contributed by atoms with van der Waals surface area (Å²) in [6.45, 7) is 3.88. The van der Waals surface area contributed by atoms with Crippen molar-refractivity contribution in [3.05, 3.63) is 11.4 Å². The molecule has 4 nitrogen and oxygen atoms in total. The standard InChI is InChI=1S/C9H13N3O/c1-2-7-8(6-13)12-5-3-4-10-9(12)11-7/h6H,2-5H2,1H3,(H,10,11). The van der Waals surface area contributed by atoms with Crippen LogP contribution in [-0.4, -0.2) is 22.4 Å². The summed E-state index contributed by atoms with van der Waals surface area (Å²) >= 11 is 0. The van der Waals surface area contributed by atoms with E-state index in [0.717, 1.165) is 49.6 Å². The van der Waals surface area contributed by atoms with Crippen LogP contribution in [-0.2, 0) is 13.0 Å². The van der Waals surface area contributed by atoms with Gasteiger partial charge in [-0.25, -0.2) is 4.98 Å². The van der Waals surface area contributed by atoms with Crippen molar-refractivity contribution in [1.82, 2.24) is 9.55 Å². The molecule has 0 saturated heterocycles. The van der Waals surface area contributed by atoms with Crippen molar-refractivity contribution in [1.29, 1.82) is 0 Å². The van der Waals surface area contributed by atoms with E-state index in [2.05, 4.69) is 10.3 Å². The molecule has 0 atom stereocenters. The van der Waals surface area contributed by atoms with Gasteiger partial charge in [-0.1, -0.05) is 6.92 Å². The van der Waals surface area contributed by atoms with Gasteiger partial charge in [0.2, 0.25) is 5.95 Å². The summed E-state index contributed by atoms with van der Waals surface area (Å²) in [6.07, 6.45) is 2.78. The average molecular weight is 179 g/mol. The molecule has 0 saturated carbocycles. The Bertz CT molecular complexity index is 330. The second-order valence-corrected chi connectivity index (χ2v) is 3.17. The first-order valence-electron chi connectivity index (χ1n) is 4.65. The normalized spacial score (nSPS) is 14.8. The number of hydrogen-bond donors (Lipinski definition) is 1. The average Bonchev–Trinajstić information content (AvgIpc) is 2.55. The Labute approximate surface area is 77.0 Å². The fourth-order valence-electron chi connectivity index (χ4n) is 1.71. The summed E-state index contributed by atoms with van der Waals surface area (Å²) in [7, 11) is 0. The van der Waals surface area contributed by atoms with E-state index < -0.39 is 0 Å². The molecule has 2 heterocycles. The van der Waals surface area contributed by atoms with Crippen LogP contribution in [0.25, 0.3) is 0 Å². The van der Waals surface area contributed by atoms with Gasteiger partial charge in [-0.3, -0.25) is 4.79 Å². The van der Waals surface area contributed by atoms with Crippen LogP contribution in [0.4, 0.5) is 5.95 Å². The van der Waals surface area contributed by atoms with Gasteiger partial charge < -0.3 is 9.88 Å². The third kappa shape index (κ3) is 1.22. The molecule has 0 bridgehead atoms. The molecule has 0 aliphatic carbocycles. The number of carbonyl (C=O) groups excluding carboxylic acids is 1. The highest BCUT2D eigenvalue weighted by atomic mass is 16.1. The lowest BCUT2D eigenvalue weighted by Gasteiger charge is -2.15. The summed E-state index contributed by atoms with van der Waals surface area (Å²) in [4.78, 5) is 15.2. The van der Waals surface area contributed by atoms with E-state index in [0.29, 0.717) is 0 Å². The fourth-order valence-corrected chi connectivity index (χ4v) is 1.71. The van der Waals surface area contributed by atoms with E-state index in [4.69, 9.17) is 0 Å². The number of imidazole rings is 1. The SMILES string of the molecule is CCc1nc2n(c1C=O)CCCN2. The Morgan fingerprint density at radius 1 is 1.69 bits per heavy atom. The second kappa shape index (κ2) is 3.20. The number of aldehydes is 1. The first-order valence-corrected chi connectivity index (χ1v) is 4.65. The third-order valence-electron chi connectivity index (χ3n) is 2.37. The minimum atomic E-state index is 0.740. The molecule has 1 aliphatic rings. The van der Waals surface area contributed by atoms with Crippen LogP contribution in [0, 0.1) is 0 Å². The topological polar surface area (TPSA) is 46.9 Å². The summed E-state index contributed by atoms with van der Waals surface area (Å²) in [6, 6.07) is 0. The zero-order valence-corrected chi connectivity index (χ0v) is 7.71. The summed E-state index contributed by atoms with van der Waals surface area (Å²) < 4.78 is 1.97. The van der Waals surface area contributed by atoms with E-state index in [1.54, 1.807) is 0 Å².